The molecule has 0 atom stereocenters. The van der Waals surface area contributed by atoms with Crippen molar-refractivity contribution in [3.8, 4) is 0 Å². The molecule has 1 aliphatic heterocycles. The zero-order chi connectivity index (χ0) is 7.56. The van der Waals surface area contributed by atoms with E-state index >= 15 is 0 Å². The molecule has 1 rings (SSSR count). The molecule has 0 amide bonds. The van der Waals surface area contributed by atoms with Gasteiger partial charge >= 0.3 is 0 Å². The SMILES string of the molecule is C[N+]1=CC=C(C(N)=S)CC1. The van der Waals surface area contributed by atoms with Gasteiger partial charge in [0.2, 0.25) is 0 Å². The lowest BCUT2D eigenvalue weighted by molar-refractivity contribution is -0.492. The smallest absolute Gasteiger partial charge is 0.163 e. The molecule has 0 radical (unpaired) electrons. The van der Waals surface area contributed by atoms with E-state index in [1.807, 2.05) is 19.3 Å². The van der Waals surface area contributed by atoms with E-state index in [0.717, 1.165) is 18.5 Å². The Morgan fingerprint density at radius 1 is 1.80 bits per heavy atom. The summed E-state index contributed by atoms with van der Waals surface area (Å²) in [5, 5.41) is 0. The van der Waals surface area contributed by atoms with Gasteiger partial charge in [-0.05, 0) is 5.57 Å². The first-order valence-electron chi connectivity index (χ1n) is 3.24. The summed E-state index contributed by atoms with van der Waals surface area (Å²) in [6.07, 6.45) is 4.95. The Morgan fingerprint density at radius 3 is 2.90 bits per heavy atom. The molecule has 0 aromatic rings. The standard InChI is InChI=1S/C7H10N2S/c1-9-4-2-6(3-5-9)7(8)10/h2,4H,3,5H2,1H3,(H-,8,10)/p+1. The topological polar surface area (TPSA) is 29.0 Å². The molecule has 54 valence electrons. The summed E-state index contributed by atoms with van der Waals surface area (Å²) >= 11 is 4.83. The number of hydrogen-bond acceptors (Lipinski definition) is 1. The lowest BCUT2D eigenvalue weighted by atomic mass is 10.1. The lowest BCUT2D eigenvalue weighted by Crippen LogP contribution is -2.20. The molecule has 1 aliphatic rings. The van der Waals surface area contributed by atoms with E-state index in [1.165, 1.54) is 0 Å². The summed E-state index contributed by atoms with van der Waals surface area (Å²) in [5.41, 5.74) is 6.53. The van der Waals surface area contributed by atoms with Crippen LogP contribution in [0.15, 0.2) is 11.6 Å². The Balaban J connectivity index is 2.74. The van der Waals surface area contributed by atoms with Gasteiger partial charge in [-0.2, -0.15) is 0 Å². The fraction of sp³-hybridized carbons (Fsp3) is 0.429. The maximum atomic E-state index is 5.44. The van der Waals surface area contributed by atoms with Crippen molar-refractivity contribution in [3.05, 3.63) is 11.6 Å². The summed E-state index contributed by atoms with van der Waals surface area (Å²) < 4.78 is 2.11. The van der Waals surface area contributed by atoms with Crippen molar-refractivity contribution >= 4 is 23.4 Å². The van der Waals surface area contributed by atoms with E-state index in [2.05, 4.69) is 4.58 Å². The first-order chi connectivity index (χ1) is 4.70. The molecule has 2 nitrogen and oxygen atoms in total. The van der Waals surface area contributed by atoms with E-state index in [9.17, 15) is 0 Å². The van der Waals surface area contributed by atoms with Crippen molar-refractivity contribution in [2.24, 2.45) is 5.73 Å². The maximum Gasteiger partial charge on any atom is 0.163 e. The van der Waals surface area contributed by atoms with Crippen molar-refractivity contribution in [3.63, 3.8) is 0 Å². The number of allylic oxidation sites excluding steroid dienone is 1. The van der Waals surface area contributed by atoms with Gasteiger partial charge in [0, 0.05) is 12.5 Å². The largest absolute Gasteiger partial charge is 0.390 e. The number of rotatable bonds is 1. The molecule has 2 N–H and O–H groups in total. The van der Waals surface area contributed by atoms with E-state index in [4.69, 9.17) is 18.0 Å². The van der Waals surface area contributed by atoms with Gasteiger partial charge in [-0.3, -0.25) is 0 Å². The molecule has 0 saturated heterocycles. The van der Waals surface area contributed by atoms with Crippen LogP contribution in [0.3, 0.4) is 0 Å². The zero-order valence-corrected chi connectivity index (χ0v) is 6.82. The van der Waals surface area contributed by atoms with E-state index in [1.54, 1.807) is 0 Å². The molecule has 0 unspecified atom stereocenters. The molecule has 3 heteroatoms. The van der Waals surface area contributed by atoms with Crippen LogP contribution in [0.5, 0.6) is 0 Å². The van der Waals surface area contributed by atoms with Crippen molar-refractivity contribution in [2.75, 3.05) is 13.6 Å². The van der Waals surface area contributed by atoms with Gasteiger partial charge in [-0.1, -0.05) is 12.2 Å². The Morgan fingerprint density at radius 2 is 2.50 bits per heavy atom. The summed E-state index contributed by atoms with van der Waals surface area (Å²) in [6, 6.07) is 0. The molecule has 1 heterocycles. The first-order valence-corrected chi connectivity index (χ1v) is 3.65. The van der Waals surface area contributed by atoms with Crippen LogP contribution in [0.1, 0.15) is 6.42 Å². The van der Waals surface area contributed by atoms with E-state index < -0.39 is 0 Å². The molecule has 0 fully saturated rings. The van der Waals surface area contributed by atoms with Gasteiger partial charge in [-0.25, -0.2) is 4.58 Å². The highest BCUT2D eigenvalue weighted by Crippen LogP contribution is 2.03. The van der Waals surface area contributed by atoms with Gasteiger partial charge in [-0.15, -0.1) is 0 Å². The molecule has 0 bridgehead atoms. The second-order valence-corrected chi connectivity index (χ2v) is 2.88. The van der Waals surface area contributed by atoms with Crippen LogP contribution in [-0.4, -0.2) is 29.4 Å². The fourth-order valence-corrected chi connectivity index (χ4v) is 1.05. The normalized spacial score (nSPS) is 17.7. The van der Waals surface area contributed by atoms with Crippen molar-refractivity contribution in [1.82, 2.24) is 0 Å². The van der Waals surface area contributed by atoms with E-state index in [0.29, 0.717) is 4.99 Å². The third-order valence-corrected chi connectivity index (χ3v) is 1.84. The first kappa shape index (κ1) is 7.41. The highest BCUT2D eigenvalue weighted by atomic mass is 32.1. The summed E-state index contributed by atoms with van der Waals surface area (Å²) in [4.78, 5) is 0.532. The van der Waals surface area contributed by atoms with Crippen molar-refractivity contribution in [2.45, 2.75) is 6.42 Å². The minimum absolute atomic E-state index is 0.532. The highest BCUT2D eigenvalue weighted by Gasteiger charge is 2.08. The molecule has 0 aromatic carbocycles. The number of hydrogen-bond donors (Lipinski definition) is 1. The van der Waals surface area contributed by atoms with Gasteiger partial charge < -0.3 is 5.73 Å². The minimum Gasteiger partial charge on any atom is -0.390 e. The van der Waals surface area contributed by atoms with Crippen LogP contribution in [0.25, 0.3) is 0 Å². The number of nitrogens with zero attached hydrogens (tertiary/aromatic N) is 1. The second kappa shape index (κ2) is 2.92. The predicted molar refractivity (Wildman–Crippen MR) is 46.6 cm³/mol. The van der Waals surface area contributed by atoms with Gasteiger partial charge in [0.15, 0.2) is 6.21 Å². The lowest BCUT2D eigenvalue weighted by Gasteiger charge is -2.05. The molecular weight excluding hydrogens is 144 g/mol. The molecule has 10 heavy (non-hydrogen) atoms. The Hall–Kier alpha value is -0.700. The predicted octanol–water partition coefficient (Wildman–Crippen LogP) is 0.316. The van der Waals surface area contributed by atoms with Crippen LogP contribution in [-0.2, 0) is 0 Å². The van der Waals surface area contributed by atoms with Crippen LogP contribution in [0.2, 0.25) is 0 Å². The fourth-order valence-electron chi connectivity index (χ4n) is 0.877. The molecule has 0 aromatic heterocycles. The van der Waals surface area contributed by atoms with Crippen molar-refractivity contribution < 1.29 is 4.58 Å². The average Bonchev–Trinajstić information content (AvgIpc) is 1.88. The average molecular weight is 155 g/mol. The zero-order valence-electron chi connectivity index (χ0n) is 6.00. The maximum absolute atomic E-state index is 5.44. The van der Waals surface area contributed by atoms with Gasteiger partial charge in [0.1, 0.15) is 13.6 Å². The Labute approximate surface area is 66.0 Å². The molecule has 0 saturated carbocycles. The third-order valence-electron chi connectivity index (χ3n) is 1.58. The molecule has 0 aliphatic carbocycles. The number of thiocarbonyl (C=S) groups is 1. The Kier molecular flexibility index (Phi) is 2.17. The third kappa shape index (κ3) is 1.64. The Bertz CT molecular complexity index is 216. The van der Waals surface area contributed by atoms with Crippen LogP contribution >= 0.6 is 12.2 Å². The van der Waals surface area contributed by atoms with Gasteiger partial charge in [0.05, 0.1) is 4.99 Å². The molecule has 0 spiro atoms. The summed E-state index contributed by atoms with van der Waals surface area (Å²) in [5.74, 6) is 0. The van der Waals surface area contributed by atoms with Crippen LogP contribution in [0.4, 0.5) is 0 Å². The van der Waals surface area contributed by atoms with E-state index in [-0.39, 0.29) is 0 Å². The second-order valence-electron chi connectivity index (χ2n) is 2.44. The van der Waals surface area contributed by atoms with Crippen molar-refractivity contribution in [1.29, 1.82) is 0 Å². The monoisotopic (exact) mass is 155 g/mol. The number of nitrogens with two attached hydrogens (primary N) is 1. The van der Waals surface area contributed by atoms with Crippen LogP contribution in [0, 0.1) is 0 Å². The minimum atomic E-state index is 0.532. The highest BCUT2D eigenvalue weighted by molar-refractivity contribution is 7.80. The van der Waals surface area contributed by atoms with Crippen LogP contribution < -0.4 is 5.73 Å². The quantitative estimate of drug-likeness (QED) is 0.436. The summed E-state index contributed by atoms with van der Waals surface area (Å²) in [6.45, 7) is 1.02. The molecular formula is C7H11N2S+. The van der Waals surface area contributed by atoms with Gasteiger partial charge in [0.25, 0.3) is 0 Å². The summed E-state index contributed by atoms with van der Waals surface area (Å²) in [7, 11) is 2.03.